The molecule has 2 saturated heterocycles. The van der Waals surface area contributed by atoms with Gasteiger partial charge in [0.15, 0.2) is 0 Å². The number of fused-ring (bicyclic) bond motifs is 1. The maximum absolute atomic E-state index is 14.8. The highest BCUT2D eigenvalue weighted by Gasteiger charge is 2.57. The van der Waals surface area contributed by atoms with Gasteiger partial charge in [-0.2, -0.15) is 0 Å². The van der Waals surface area contributed by atoms with Crippen LogP contribution in [0.15, 0.2) is 18.6 Å². The summed E-state index contributed by atoms with van der Waals surface area (Å²) in [7, 11) is 0. The van der Waals surface area contributed by atoms with Gasteiger partial charge in [0.1, 0.15) is 29.5 Å². The molecule has 2 aromatic rings. The molecule has 4 heterocycles. The molecule has 0 radical (unpaired) electrons. The number of aromatic nitrogens is 3. The van der Waals surface area contributed by atoms with E-state index in [0.717, 1.165) is 0 Å². The second-order valence-corrected chi connectivity index (χ2v) is 11.9. The van der Waals surface area contributed by atoms with Crippen LogP contribution in [0.3, 0.4) is 0 Å². The van der Waals surface area contributed by atoms with Crippen molar-refractivity contribution in [2.45, 2.75) is 81.8 Å². The number of likely N-dealkylation sites (tertiary alicyclic amines) is 2. The lowest BCUT2D eigenvalue weighted by Crippen LogP contribution is -2.55. The number of amides is 1. The van der Waals surface area contributed by atoms with Gasteiger partial charge >= 0.3 is 6.09 Å². The average molecular weight is 523 g/mol. The fraction of sp³-hybridized carbons (Fsp3) is 0.720. The third-order valence-electron chi connectivity index (χ3n) is 8.15. The van der Waals surface area contributed by atoms with Crippen LogP contribution in [0.2, 0.25) is 0 Å². The number of hydrogen-bond donors (Lipinski definition) is 3. The molecule has 10 nitrogen and oxygen atoms in total. The summed E-state index contributed by atoms with van der Waals surface area (Å²) in [4.78, 5) is 24.2. The maximum atomic E-state index is 14.8. The monoisotopic (exact) mass is 522 g/mol. The van der Waals surface area contributed by atoms with Gasteiger partial charge in [-0.05, 0) is 46.1 Å². The molecule has 4 N–H and O–H groups in total. The quantitative estimate of drug-likeness (QED) is 0.560. The summed E-state index contributed by atoms with van der Waals surface area (Å²) in [5.74, 6) is -2.95. The van der Waals surface area contributed by atoms with Gasteiger partial charge in [-0.1, -0.05) is 0 Å². The zero-order valence-electron chi connectivity index (χ0n) is 21.5. The number of ether oxygens (including phenoxy) is 1. The fourth-order valence-electron chi connectivity index (χ4n) is 6.38. The van der Waals surface area contributed by atoms with E-state index in [1.54, 1.807) is 47.4 Å². The van der Waals surface area contributed by atoms with Crippen LogP contribution in [0, 0.1) is 5.92 Å². The van der Waals surface area contributed by atoms with Gasteiger partial charge < -0.3 is 30.2 Å². The molecule has 204 valence electrons. The summed E-state index contributed by atoms with van der Waals surface area (Å²) in [6.07, 6.45) is 1.44. The van der Waals surface area contributed by atoms with Gasteiger partial charge in [0.25, 0.3) is 5.92 Å². The first-order chi connectivity index (χ1) is 17.3. The Balaban J connectivity index is 1.31. The molecule has 0 bridgehead atoms. The first kappa shape index (κ1) is 26.1. The molecule has 0 unspecified atom stereocenters. The standard InChI is InChI=1S/C25H36F2N6O4/c1-23(2,3)37-22(36)31-8-5-24(6-9-31)12-25(26,27)13-32(24)11-15-10-17(19(35)18(15)34)33-7-4-16-20(28)29-14-30-21(16)33/h4,7,14-15,17-19,34-35H,5-6,8-13H2,1-3H3,(H2,28,29,30)/t15-,17-,18-,19+/m1/s1. The number of alkyl halides is 2. The second-order valence-electron chi connectivity index (χ2n) is 11.9. The molecule has 1 saturated carbocycles. The number of nitrogens with two attached hydrogens (primary N) is 1. The largest absolute Gasteiger partial charge is 0.444 e. The van der Waals surface area contributed by atoms with Gasteiger partial charge in [-0.3, -0.25) is 4.90 Å². The van der Waals surface area contributed by atoms with E-state index in [1.165, 1.54) is 6.33 Å². The molecule has 37 heavy (non-hydrogen) atoms. The number of nitrogen functional groups attached to an aromatic ring is 1. The molecule has 2 aromatic heterocycles. The Kier molecular flexibility index (Phi) is 6.35. The van der Waals surface area contributed by atoms with Crippen molar-refractivity contribution in [1.29, 1.82) is 0 Å². The summed E-state index contributed by atoms with van der Waals surface area (Å²) >= 11 is 0. The number of aliphatic hydroxyl groups is 2. The summed E-state index contributed by atoms with van der Waals surface area (Å²) in [6.45, 7) is 5.87. The Bertz CT molecular complexity index is 1160. The molecule has 12 heteroatoms. The van der Waals surface area contributed by atoms with E-state index in [2.05, 4.69) is 9.97 Å². The SMILES string of the molecule is CC(C)(C)OC(=O)N1CCC2(CC1)CC(F)(F)CN2C[C@H]1C[C@@H](n2ccc3c(N)ncnc32)[C@H](O)[C@@H]1O. The average Bonchev–Trinajstić information content (AvgIpc) is 3.42. The van der Waals surface area contributed by atoms with Gasteiger partial charge in [0.05, 0.1) is 24.1 Å². The number of carbonyl (C=O) groups is 1. The highest BCUT2D eigenvalue weighted by molar-refractivity contribution is 5.86. The summed E-state index contributed by atoms with van der Waals surface area (Å²) in [6, 6.07) is 1.30. The number of piperidine rings is 1. The Morgan fingerprint density at radius 3 is 2.59 bits per heavy atom. The normalized spacial score (nSPS) is 29.9. The Morgan fingerprint density at radius 1 is 1.22 bits per heavy atom. The minimum absolute atomic E-state index is 0.229. The van der Waals surface area contributed by atoms with Crippen LogP contribution in [0.1, 0.15) is 52.5 Å². The van der Waals surface area contributed by atoms with Crippen molar-refractivity contribution in [3.63, 3.8) is 0 Å². The molecular formula is C25H36F2N6O4. The van der Waals surface area contributed by atoms with Crippen LogP contribution in [0.5, 0.6) is 0 Å². The van der Waals surface area contributed by atoms with Crippen LogP contribution >= 0.6 is 0 Å². The third-order valence-corrected chi connectivity index (χ3v) is 8.15. The lowest BCUT2D eigenvalue weighted by Gasteiger charge is -2.45. The van der Waals surface area contributed by atoms with E-state index >= 15 is 0 Å². The molecule has 1 aliphatic carbocycles. The minimum atomic E-state index is -2.86. The Labute approximate surface area is 214 Å². The van der Waals surface area contributed by atoms with E-state index < -0.39 is 53.9 Å². The zero-order chi connectivity index (χ0) is 26.8. The molecule has 2 aliphatic heterocycles. The van der Waals surface area contributed by atoms with Crippen molar-refractivity contribution in [1.82, 2.24) is 24.3 Å². The lowest BCUT2D eigenvalue weighted by molar-refractivity contribution is -0.0193. The first-order valence-corrected chi connectivity index (χ1v) is 12.8. The molecule has 5 rings (SSSR count). The number of aliphatic hydroxyl groups excluding tert-OH is 2. The molecule has 1 spiro atoms. The fourth-order valence-corrected chi connectivity index (χ4v) is 6.38. The first-order valence-electron chi connectivity index (χ1n) is 12.8. The van der Waals surface area contributed by atoms with Crippen molar-refractivity contribution in [3.05, 3.63) is 18.6 Å². The number of rotatable bonds is 3. The molecule has 1 amide bonds. The van der Waals surface area contributed by atoms with Crippen molar-refractivity contribution < 1.29 is 28.5 Å². The van der Waals surface area contributed by atoms with Gasteiger partial charge in [-0.15, -0.1) is 0 Å². The predicted molar refractivity (Wildman–Crippen MR) is 132 cm³/mol. The highest BCUT2D eigenvalue weighted by Crippen LogP contribution is 2.47. The Hall–Kier alpha value is -2.57. The van der Waals surface area contributed by atoms with E-state index in [1.807, 2.05) is 0 Å². The molecule has 0 aromatic carbocycles. The number of halogens is 2. The van der Waals surface area contributed by atoms with Crippen LogP contribution in [0.4, 0.5) is 19.4 Å². The van der Waals surface area contributed by atoms with Gasteiger partial charge in [-0.25, -0.2) is 23.5 Å². The van der Waals surface area contributed by atoms with E-state index in [-0.39, 0.29) is 13.0 Å². The van der Waals surface area contributed by atoms with Crippen LogP contribution in [-0.2, 0) is 4.74 Å². The zero-order valence-corrected chi connectivity index (χ0v) is 21.5. The lowest BCUT2D eigenvalue weighted by atomic mass is 9.83. The van der Waals surface area contributed by atoms with Crippen LogP contribution in [-0.4, -0.2) is 96.1 Å². The molecular weight excluding hydrogens is 486 g/mol. The van der Waals surface area contributed by atoms with Gasteiger partial charge in [0.2, 0.25) is 0 Å². The molecule has 3 fully saturated rings. The predicted octanol–water partition coefficient (Wildman–Crippen LogP) is 2.41. The second kappa shape index (κ2) is 9.02. The minimum Gasteiger partial charge on any atom is -0.444 e. The highest BCUT2D eigenvalue weighted by atomic mass is 19.3. The molecule has 4 atom stereocenters. The number of nitrogens with zero attached hydrogens (tertiary/aromatic N) is 5. The van der Waals surface area contributed by atoms with E-state index in [9.17, 15) is 23.8 Å². The third kappa shape index (κ3) is 4.86. The van der Waals surface area contributed by atoms with Crippen LogP contribution in [0.25, 0.3) is 11.0 Å². The van der Waals surface area contributed by atoms with Crippen LogP contribution < -0.4 is 5.73 Å². The number of carbonyl (C=O) groups excluding carboxylic acids is 1. The van der Waals surface area contributed by atoms with E-state index in [4.69, 9.17) is 10.5 Å². The number of hydrogen-bond acceptors (Lipinski definition) is 8. The van der Waals surface area contributed by atoms with Crippen molar-refractivity contribution in [2.24, 2.45) is 5.92 Å². The molecule has 3 aliphatic rings. The summed E-state index contributed by atoms with van der Waals surface area (Å²) < 4.78 is 36.8. The maximum Gasteiger partial charge on any atom is 0.410 e. The Morgan fingerprint density at radius 2 is 1.92 bits per heavy atom. The van der Waals surface area contributed by atoms with Crippen molar-refractivity contribution >= 4 is 22.9 Å². The van der Waals surface area contributed by atoms with Gasteiger partial charge in [0, 0.05) is 43.7 Å². The van der Waals surface area contributed by atoms with E-state index in [0.29, 0.717) is 49.2 Å². The summed E-state index contributed by atoms with van der Waals surface area (Å²) in [5, 5.41) is 22.5. The smallest absolute Gasteiger partial charge is 0.410 e. The number of anilines is 1. The van der Waals surface area contributed by atoms with Crippen molar-refractivity contribution in [3.8, 4) is 0 Å². The van der Waals surface area contributed by atoms with Crippen molar-refractivity contribution in [2.75, 3.05) is 31.9 Å². The summed E-state index contributed by atoms with van der Waals surface area (Å²) in [5.41, 5.74) is 5.10. The topological polar surface area (TPSA) is 130 Å².